The van der Waals surface area contributed by atoms with Crippen molar-refractivity contribution < 1.29 is 4.79 Å². The molecule has 0 aromatic heterocycles. The number of carbonyl (C=O) groups is 1. The molecule has 70 valence electrons. The van der Waals surface area contributed by atoms with Gasteiger partial charge in [0, 0.05) is 19.1 Å². The van der Waals surface area contributed by atoms with Crippen LogP contribution in [0.25, 0.3) is 0 Å². The molecule has 1 fully saturated rings. The van der Waals surface area contributed by atoms with Crippen molar-refractivity contribution in [1.29, 1.82) is 0 Å². The number of nitrogens with zero attached hydrogens (tertiary/aromatic N) is 1. The van der Waals surface area contributed by atoms with E-state index in [1.807, 2.05) is 11.8 Å². The number of hydrogen-bond acceptors (Lipinski definition) is 4. The molecule has 1 aliphatic rings. The van der Waals surface area contributed by atoms with E-state index < -0.39 is 0 Å². The fraction of sp³-hybridized carbons (Fsp3) is 0.857. The first kappa shape index (κ1) is 9.44. The SMILES string of the molecule is CC(C(=O)NN)N1CCC(N)C1. The molecule has 12 heavy (non-hydrogen) atoms. The Morgan fingerprint density at radius 2 is 2.42 bits per heavy atom. The molecule has 0 aromatic carbocycles. The van der Waals surface area contributed by atoms with Crippen LogP contribution in [0.1, 0.15) is 13.3 Å². The Labute approximate surface area is 72.0 Å². The van der Waals surface area contributed by atoms with Gasteiger partial charge >= 0.3 is 0 Å². The van der Waals surface area contributed by atoms with Crippen molar-refractivity contribution in [1.82, 2.24) is 10.3 Å². The molecule has 0 spiro atoms. The third kappa shape index (κ3) is 1.94. The van der Waals surface area contributed by atoms with Crippen molar-refractivity contribution in [2.24, 2.45) is 11.6 Å². The Bertz CT molecular complexity index is 173. The molecule has 1 amide bonds. The van der Waals surface area contributed by atoms with E-state index in [0.29, 0.717) is 0 Å². The maximum atomic E-state index is 11.1. The predicted octanol–water partition coefficient (Wildman–Crippen LogP) is -1.60. The van der Waals surface area contributed by atoms with E-state index in [-0.39, 0.29) is 18.0 Å². The number of carbonyl (C=O) groups excluding carboxylic acids is 1. The van der Waals surface area contributed by atoms with Crippen molar-refractivity contribution in [2.75, 3.05) is 13.1 Å². The lowest BCUT2D eigenvalue weighted by molar-refractivity contribution is -0.125. The molecule has 2 atom stereocenters. The smallest absolute Gasteiger partial charge is 0.250 e. The van der Waals surface area contributed by atoms with E-state index in [2.05, 4.69) is 5.43 Å². The molecular weight excluding hydrogens is 156 g/mol. The maximum absolute atomic E-state index is 11.1. The Morgan fingerprint density at radius 3 is 2.83 bits per heavy atom. The first-order valence-electron chi connectivity index (χ1n) is 4.15. The molecule has 1 heterocycles. The summed E-state index contributed by atoms with van der Waals surface area (Å²) in [6, 6.07) is 0.0431. The molecule has 5 N–H and O–H groups in total. The van der Waals surface area contributed by atoms with Crippen molar-refractivity contribution >= 4 is 5.91 Å². The van der Waals surface area contributed by atoms with Gasteiger partial charge in [-0.05, 0) is 13.3 Å². The predicted molar refractivity (Wildman–Crippen MR) is 46.0 cm³/mol. The number of nitrogens with one attached hydrogen (secondary N) is 1. The highest BCUT2D eigenvalue weighted by Crippen LogP contribution is 2.10. The second-order valence-electron chi connectivity index (χ2n) is 3.23. The summed E-state index contributed by atoms with van der Waals surface area (Å²) < 4.78 is 0. The van der Waals surface area contributed by atoms with Gasteiger partial charge in [-0.3, -0.25) is 15.1 Å². The van der Waals surface area contributed by atoms with Crippen LogP contribution in [0.3, 0.4) is 0 Å². The summed E-state index contributed by atoms with van der Waals surface area (Å²) in [7, 11) is 0. The molecule has 0 aliphatic carbocycles. The number of likely N-dealkylation sites (tertiary alicyclic amines) is 1. The van der Waals surface area contributed by atoms with Gasteiger partial charge in [-0.1, -0.05) is 0 Å². The molecule has 1 rings (SSSR count). The Hall–Kier alpha value is -0.650. The summed E-state index contributed by atoms with van der Waals surface area (Å²) in [4.78, 5) is 13.1. The molecule has 0 bridgehead atoms. The quantitative estimate of drug-likeness (QED) is 0.266. The van der Waals surface area contributed by atoms with Crippen molar-refractivity contribution in [3.63, 3.8) is 0 Å². The standard InChI is InChI=1S/C7H16N4O/c1-5(7(12)10-9)11-3-2-6(8)4-11/h5-6H,2-4,8-9H2,1H3,(H,10,12). The van der Waals surface area contributed by atoms with Gasteiger partial charge in [0.1, 0.15) is 0 Å². The van der Waals surface area contributed by atoms with Gasteiger partial charge < -0.3 is 5.73 Å². The second-order valence-corrected chi connectivity index (χ2v) is 3.23. The molecule has 2 unspecified atom stereocenters. The fourth-order valence-corrected chi connectivity index (χ4v) is 1.45. The van der Waals surface area contributed by atoms with Gasteiger partial charge in [0.05, 0.1) is 6.04 Å². The van der Waals surface area contributed by atoms with Gasteiger partial charge in [-0.15, -0.1) is 0 Å². The lowest BCUT2D eigenvalue weighted by Crippen LogP contribution is -2.47. The normalized spacial score (nSPS) is 27.1. The Kier molecular flexibility index (Phi) is 3.02. The Balaban J connectivity index is 2.42. The number of hydrogen-bond donors (Lipinski definition) is 3. The molecule has 5 nitrogen and oxygen atoms in total. The van der Waals surface area contributed by atoms with Crippen molar-refractivity contribution in [3.05, 3.63) is 0 Å². The first-order chi connectivity index (χ1) is 5.65. The topological polar surface area (TPSA) is 84.4 Å². The number of hydrazine groups is 1. The van der Waals surface area contributed by atoms with E-state index in [1.165, 1.54) is 0 Å². The molecular formula is C7H16N4O. The summed E-state index contributed by atoms with van der Waals surface area (Å²) in [6.07, 6.45) is 0.961. The van der Waals surface area contributed by atoms with Gasteiger partial charge in [0.25, 0.3) is 5.91 Å². The van der Waals surface area contributed by atoms with Crippen LogP contribution in [-0.4, -0.2) is 36.0 Å². The molecule has 1 saturated heterocycles. The minimum absolute atomic E-state index is 0.149. The fourth-order valence-electron chi connectivity index (χ4n) is 1.45. The highest BCUT2D eigenvalue weighted by Gasteiger charge is 2.26. The number of nitrogens with two attached hydrogens (primary N) is 2. The zero-order chi connectivity index (χ0) is 9.14. The summed E-state index contributed by atoms with van der Waals surface area (Å²) in [6.45, 7) is 3.50. The molecule has 5 heteroatoms. The minimum Gasteiger partial charge on any atom is -0.326 e. The van der Waals surface area contributed by atoms with Crippen LogP contribution >= 0.6 is 0 Å². The van der Waals surface area contributed by atoms with Crippen LogP contribution < -0.4 is 17.0 Å². The van der Waals surface area contributed by atoms with Crippen LogP contribution in [0.2, 0.25) is 0 Å². The van der Waals surface area contributed by atoms with Gasteiger partial charge in [0.2, 0.25) is 0 Å². The largest absolute Gasteiger partial charge is 0.326 e. The average Bonchev–Trinajstić information content (AvgIpc) is 2.49. The lowest BCUT2D eigenvalue weighted by Gasteiger charge is -2.21. The maximum Gasteiger partial charge on any atom is 0.250 e. The highest BCUT2D eigenvalue weighted by atomic mass is 16.2. The summed E-state index contributed by atoms with van der Waals surface area (Å²) >= 11 is 0. The van der Waals surface area contributed by atoms with Crippen molar-refractivity contribution in [2.45, 2.75) is 25.4 Å². The number of amides is 1. The summed E-state index contributed by atoms with van der Waals surface area (Å²) in [5.41, 5.74) is 7.83. The van der Waals surface area contributed by atoms with Crippen LogP contribution in [0.15, 0.2) is 0 Å². The molecule has 0 radical (unpaired) electrons. The van der Waals surface area contributed by atoms with Crippen LogP contribution in [-0.2, 0) is 4.79 Å². The van der Waals surface area contributed by atoms with Crippen molar-refractivity contribution in [3.8, 4) is 0 Å². The van der Waals surface area contributed by atoms with E-state index >= 15 is 0 Å². The van der Waals surface area contributed by atoms with E-state index in [0.717, 1.165) is 19.5 Å². The molecule has 0 saturated carbocycles. The summed E-state index contributed by atoms with van der Waals surface area (Å²) in [5.74, 6) is 4.87. The zero-order valence-electron chi connectivity index (χ0n) is 7.29. The van der Waals surface area contributed by atoms with E-state index in [9.17, 15) is 4.79 Å². The molecule has 0 aromatic rings. The lowest BCUT2D eigenvalue weighted by atomic mass is 10.3. The van der Waals surface area contributed by atoms with Crippen LogP contribution in [0.4, 0.5) is 0 Å². The second kappa shape index (κ2) is 3.84. The highest BCUT2D eigenvalue weighted by molar-refractivity contribution is 5.80. The Morgan fingerprint density at radius 1 is 1.75 bits per heavy atom. The van der Waals surface area contributed by atoms with Gasteiger partial charge in [-0.25, -0.2) is 5.84 Å². The third-order valence-corrected chi connectivity index (χ3v) is 2.33. The van der Waals surface area contributed by atoms with Gasteiger partial charge in [0.15, 0.2) is 0 Å². The summed E-state index contributed by atoms with van der Waals surface area (Å²) in [5, 5.41) is 0. The molecule has 1 aliphatic heterocycles. The minimum atomic E-state index is -0.163. The number of rotatable bonds is 2. The van der Waals surface area contributed by atoms with Gasteiger partial charge in [-0.2, -0.15) is 0 Å². The van der Waals surface area contributed by atoms with Crippen LogP contribution in [0, 0.1) is 0 Å². The third-order valence-electron chi connectivity index (χ3n) is 2.33. The monoisotopic (exact) mass is 172 g/mol. The zero-order valence-corrected chi connectivity index (χ0v) is 7.29. The first-order valence-corrected chi connectivity index (χ1v) is 4.15. The average molecular weight is 172 g/mol. The van der Waals surface area contributed by atoms with E-state index in [1.54, 1.807) is 0 Å². The van der Waals surface area contributed by atoms with E-state index in [4.69, 9.17) is 11.6 Å². The van der Waals surface area contributed by atoms with Crippen LogP contribution in [0.5, 0.6) is 0 Å².